The van der Waals surface area contributed by atoms with Crippen LogP contribution in [0.15, 0.2) is 54.6 Å². The third-order valence-electron chi connectivity index (χ3n) is 3.40. The van der Waals surface area contributed by atoms with Crippen molar-refractivity contribution in [1.82, 2.24) is 0 Å². The van der Waals surface area contributed by atoms with Gasteiger partial charge in [-0.05, 0) is 50.6 Å². The summed E-state index contributed by atoms with van der Waals surface area (Å²) in [6.45, 7) is 6.77. The topological polar surface area (TPSA) is 29.5 Å². The highest BCUT2D eigenvalue weighted by Crippen LogP contribution is 2.19. The third-order valence-corrected chi connectivity index (χ3v) is 3.40. The summed E-state index contributed by atoms with van der Waals surface area (Å²) < 4.78 is 5.57. The summed E-state index contributed by atoms with van der Waals surface area (Å²) in [6.07, 6.45) is -0.315. The fourth-order valence-electron chi connectivity index (χ4n) is 2.32. The summed E-state index contributed by atoms with van der Waals surface area (Å²) in [6, 6.07) is 17.3. The molecular weight excluding hydrogens is 262 g/mol. The number of benzene rings is 2. The van der Waals surface area contributed by atoms with Gasteiger partial charge in [0, 0.05) is 12.2 Å². The number of rotatable bonds is 5. The molecule has 0 aromatic heterocycles. The molecule has 3 nitrogen and oxygen atoms in total. The van der Waals surface area contributed by atoms with E-state index in [0.717, 1.165) is 12.2 Å². The first-order chi connectivity index (χ1) is 10.1. The van der Waals surface area contributed by atoms with Crippen LogP contribution in [0.3, 0.4) is 0 Å². The number of carbonyl (C=O) groups excluding carboxylic acids is 1. The molecule has 0 aliphatic heterocycles. The third kappa shape index (κ3) is 3.85. The summed E-state index contributed by atoms with van der Waals surface area (Å²) in [5.41, 5.74) is 2.82. The lowest BCUT2D eigenvalue weighted by Crippen LogP contribution is -2.36. The molecule has 21 heavy (non-hydrogen) atoms. The van der Waals surface area contributed by atoms with E-state index < -0.39 is 0 Å². The van der Waals surface area contributed by atoms with E-state index in [1.165, 1.54) is 5.56 Å². The second-order valence-corrected chi connectivity index (χ2v) is 5.00. The molecule has 0 aliphatic carbocycles. The van der Waals surface area contributed by atoms with Crippen LogP contribution in [0, 0.1) is 6.92 Å². The molecule has 0 heterocycles. The summed E-state index contributed by atoms with van der Waals surface area (Å²) >= 11 is 0. The first-order valence-corrected chi connectivity index (χ1v) is 7.21. The van der Waals surface area contributed by atoms with E-state index in [2.05, 4.69) is 30.9 Å². The lowest BCUT2D eigenvalue weighted by Gasteiger charge is -2.29. The van der Waals surface area contributed by atoms with Gasteiger partial charge in [0.15, 0.2) is 6.23 Å². The molecule has 2 rings (SSSR count). The maximum atomic E-state index is 12.1. The highest BCUT2D eigenvalue weighted by Gasteiger charge is 2.18. The van der Waals surface area contributed by atoms with E-state index in [9.17, 15) is 4.79 Å². The Balaban J connectivity index is 2.10. The van der Waals surface area contributed by atoms with E-state index in [0.29, 0.717) is 5.56 Å². The number of esters is 1. The van der Waals surface area contributed by atoms with Crippen LogP contribution in [0.25, 0.3) is 0 Å². The average molecular weight is 283 g/mol. The highest BCUT2D eigenvalue weighted by atomic mass is 16.6. The van der Waals surface area contributed by atoms with Crippen LogP contribution in [-0.4, -0.2) is 18.7 Å². The van der Waals surface area contributed by atoms with Gasteiger partial charge in [0.2, 0.25) is 0 Å². The number of hydrogen-bond donors (Lipinski definition) is 0. The minimum absolute atomic E-state index is 0.297. The van der Waals surface area contributed by atoms with Crippen LogP contribution in [0.5, 0.6) is 0 Å². The standard InChI is InChI=1S/C18H21NO2/c1-4-19(17-12-8-9-14(2)13-17)15(3)21-18(20)16-10-6-5-7-11-16/h5-13,15H,4H2,1-3H3. The van der Waals surface area contributed by atoms with E-state index in [1.807, 2.05) is 37.3 Å². The van der Waals surface area contributed by atoms with E-state index in [-0.39, 0.29) is 12.2 Å². The second kappa shape index (κ2) is 6.93. The van der Waals surface area contributed by atoms with Gasteiger partial charge in [-0.3, -0.25) is 0 Å². The Hall–Kier alpha value is -2.29. The molecular formula is C18H21NO2. The molecule has 2 aromatic rings. The molecule has 0 amide bonds. The SMILES string of the molecule is CCN(c1cccc(C)c1)C(C)OC(=O)c1ccccc1. The summed E-state index contributed by atoms with van der Waals surface area (Å²) in [5.74, 6) is -0.297. The summed E-state index contributed by atoms with van der Waals surface area (Å²) in [5, 5.41) is 0. The molecule has 0 aliphatic rings. The van der Waals surface area contributed by atoms with Crippen LogP contribution >= 0.6 is 0 Å². The summed E-state index contributed by atoms with van der Waals surface area (Å²) in [4.78, 5) is 14.2. The van der Waals surface area contributed by atoms with Crippen molar-refractivity contribution in [1.29, 1.82) is 0 Å². The number of carbonyl (C=O) groups is 1. The Kier molecular flexibility index (Phi) is 4.99. The molecule has 0 saturated heterocycles. The predicted octanol–water partition coefficient (Wildman–Crippen LogP) is 4.02. The Morgan fingerprint density at radius 1 is 1.14 bits per heavy atom. The van der Waals surface area contributed by atoms with Gasteiger partial charge in [0.05, 0.1) is 5.56 Å². The zero-order chi connectivity index (χ0) is 15.2. The maximum absolute atomic E-state index is 12.1. The minimum Gasteiger partial charge on any atom is -0.438 e. The fraction of sp³-hybridized carbons (Fsp3) is 0.278. The number of anilines is 1. The Bertz CT molecular complexity index is 595. The highest BCUT2D eigenvalue weighted by molar-refractivity contribution is 5.89. The van der Waals surface area contributed by atoms with Gasteiger partial charge in [-0.2, -0.15) is 0 Å². The van der Waals surface area contributed by atoms with Crippen molar-refractivity contribution >= 4 is 11.7 Å². The zero-order valence-electron chi connectivity index (χ0n) is 12.7. The van der Waals surface area contributed by atoms with Gasteiger partial charge in [-0.25, -0.2) is 4.79 Å². The predicted molar refractivity (Wildman–Crippen MR) is 85.5 cm³/mol. The molecule has 110 valence electrons. The van der Waals surface area contributed by atoms with Crippen molar-refractivity contribution in [2.24, 2.45) is 0 Å². The molecule has 1 unspecified atom stereocenters. The Morgan fingerprint density at radius 3 is 2.48 bits per heavy atom. The number of aryl methyl sites for hydroxylation is 1. The van der Waals surface area contributed by atoms with Gasteiger partial charge < -0.3 is 9.64 Å². The molecule has 0 N–H and O–H groups in total. The van der Waals surface area contributed by atoms with Crippen molar-refractivity contribution in [2.75, 3.05) is 11.4 Å². The molecule has 0 saturated carbocycles. The van der Waals surface area contributed by atoms with Gasteiger partial charge in [0.1, 0.15) is 0 Å². The maximum Gasteiger partial charge on any atom is 0.340 e. The quantitative estimate of drug-likeness (QED) is 0.613. The first-order valence-electron chi connectivity index (χ1n) is 7.21. The van der Waals surface area contributed by atoms with Crippen molar-refractivity contribution in [2.45, 2.75) is 27.0 Å². The van der Waals surface area contributed by atoms with Crippen molar-refractivity contribution < 1.29 is 9.53 Å². The normalized spacial score (nSPS) is 11.8. The van der Waals surface area contributed by atoms with Crippen LogP contribution in [0.1, 0.15) is 29.8 Å². The van der Waals surface area contributed by atoms with Crippen molar-refractivity contribution in [3.63, 3.8) is 0 Å². The fourth-order valence-corrected chi connectivity index (χ4v) is 2.32. The molecule has 1 atom stereocenters. The van der Waals surface area contributed by atoms with Crippen molar-refractivity contribution in [3.05, 3.63) is 65.7 Å². The van der Waals surface area contributed by atoms with Gasteiger partial charge in [-0.15, -0.1) is 0 Å². The van der Waals surface area contributed by atoms with Crippen LogP contribution in [-0.2, 0) is 4.74 Å². The molecule has 0 fully saturated rings. The van der Waals surface area contributed by atoms with Gasteiger partial charge >= 0.3 is 5.97 Å². The molecule has 0 spiro atoms. The summed E-state index contributed by atoms with van der Waals surface area (Å²) in [7, 11) is 0. The molecule has 0 radical (unpaired) electrons. The molecule has 3 heteroatoms. The first kappa shape index (κ1) is 15.1. The van der Waals surface area contributed by atoms with Crippen LogP contribution < -0.4 is 4.90 Å². The monoisotopic (exact) mass is 283 g/mol. The zero-order valence-corrected chi connectivity index (χ0v) is 12.7. The molecule has 2 aromatic carbocycles. The lowest BCUT2D eigenvalue weighted by molar-refractivity contribution is 0.0336. The van der Waals surface area contributed by atoms with Crippen LogP contribution in [0.4, 0.5) is 5.69 Å². The number of hydrogen-bond acceptors (Lipinski definition) is 3. The second-order valence-electron chi connectivity index (χ2n) is 5.00. The number of ether oxygens (including phenoxy) is 1. The Labute approximate surface area is 126 Å². The van der Waals surface area contributed by atoms with E-state index in [4.69, 9.17) is 4.74 Å². The van der Waals surface area contributed by atoms with Gasteiger partial charge in [0.25, 0.3) is 0 Å². The van der Waals surface area contributed by atoms with E-state index in [1.54, 1.807) is 12.1 Å². The molecule has 0 bridgehead atoms. The largest absolute Gasteiger partial charge is 0.438 e. The van der Waals surface area contributed by atoms with Crippen molar-refractivity contribution in [3.8, 4) is 0 Å². The minimum atomic E-state index is -0.315. The average Bonchev–Trinajstić information content (AvgIpc) is 2.49. The van der Waals surface area contributed by atoms with E-state index >= 15 is 0 Å². The van der Waals surface area contributed by atoms with Gasteiger partial charge in [-0.1, -0.05) is 30.3 Å². The Morgan fingerprint density at radius 2 is 1.86 bits per heavy atom. The number of nitrogens with zero attached hydrogens (tertiary/aromatic N) is 1. The van der Waals surface area contributed by atoms with Crippen LogP contribution in [0.2, 0.25) is 0 Å². The lowest BCUT2D eigenvalue weighted by atomic mass is 10.2. The smallest absolute Gasteiger partial charge is 0.340 e.